The van der Waals surface area contributed by atoms with Gasteiger partial charge in [0.25, 0.3) is 5.91 Å². The zero-order valence-electron chi connectivity index (χ0n) is 18.9. The molecule has 0 aliphatic heterocycles. The maximum atomic E-state index is 13.2. The molecule has 0 saturated carbocycles. The quantitative estimate of drug-likeness (QED) is 0.390. The van der Waals surface area contributed by atoms with Gasteiger partial charge in [0.05, 0.1) is 13.2 Å². The second-order valence-electron chi connectivity index (χ2n) is 7.93. The summed E-state index contributed by atoms with van der Waals surface area (Å²) in [6.45, 7) is 2.07. The number of nitrogens with one attached hydrogen (secondary N) is 1. The van der Waals surface area contributed by atoms with Crippen LogP contribution in [0.3, 0.4) is 0 Å². The van der Waals surface area contributed by atoms with Gasteiger partial charge < -0.3 is 15.0 Å². The molecule has 0 bridgehead atoms. The lowest BCUT2D eigenvalue weighted by Gasteiger charge is -2.27. The van der Waals surface area contributed by atoms with Crippen molar-refractivity contribution in [2.24, 2.45) is 0 Å². The third-order valence-electron chi connectivity index (χ3n) is 6.11. The van der Waals surface area contributed by atoms with E-state index in [0.29, 0.717) is 5.56 Å². The van der Waals surface area contributed by atoms with Crippen molar-refractivity contribution in [2.75, 3.05) is 26.5 Å². The summed E-state index contributed by atoms with van der Waals surface area (Å²) in [6, 6.07) is 28.2. The Balaban J connectivity index is 1.56. The van der Waals surface area contributed by atoms with Gasteiger partial charge in [0.2, 0.25) is 0 Å². The fraction of sp³-hybridized carbons (Fsp3) is 0.179. The molecule has 32 heavy (non-hydrogen) atoms. The zero-order valence-corrected chi connectivity index (χ0v) is 18.9. The van der Waals surface area contributed by atoms with Crippen molar-refractivity contribution < 1.29 is 9.53 Å². The molecule has 162 valence electrons. The molecule has 0 spiro atoms. The lowest BCUT2D eigenvalue weighted by molar-refractivity contribution is 0.0743. The molecule has 4 heteroatoms. The normalized spacial score (nSPS) is 11.8. The van der Waals surface area contributed by atoms with Crippen molar-refractivity contribution in [3.63, 3.8) is 0 Å². The number of carbonyl (C=O) groups excluding carboxylic acids is 1. The average molecular weight is 425 g/mol. The van der Waals surface area contributed by atoms with Gasteiger partial charge in [0.15, 0.2) is 0 Å². The summed E-state index contributed by atoms with van der Waals surface area (Å²) in [7, 11) is 5.44. The predicted molar refractivity (Wildman–Crippen MR) is 132 cm³/mol. The summed E-state index contributed by atoms with van der Waals surface area (Å²) in [6.07, 6.45) is 0. The van der Waals surface area contributed by atoms with Gasteiger partial charge in [-0.3, -0.25) is 4.79 Å². The molecule has 4 rings (SSSR count). The van der Waals surface area contributed by atoms with E-state index in [9.17, 15) is 4.79 Å². The molecule has 0 heterocycles. The lowest BCUT2D eigenvalue weighted by Crippen LogP contribution is -2.29. The van der Waals surface area contributed by atoms with Crippen molar-refractivity contribution in [1.29, 1.82) is 0 Å². The van der Waals surface area contributed by atoms with E-state index in [1.54, 1.807) is 7.11 Å². The molecule has 1 unspecified atom stereocenters. The van der Waals surface area contributed by atoms with Gasteiger partial charge in [-0.2, -0.15) is 0 Å². The molecule has 0 fully saturated rings. The van der Waals surface area contributed by atoms with Crippen LogP contribution in [0.4, 0.5) is 5.69 Å². The Hall–Kier alpha value is -3.79. The molecule has 0 aromatic heterocycles. The Morgan fingerprint density at radius 1 is 0.906 bits per heavy atom. The topological polar surface area (TPSA) is 41.6 Å². The Bertz CT molecular complexity index is 1230. The monoisotopic (exact) mass is 424 g/mol. The summed E-state index contributed by atoms with van der Waals surface area (Å²) in [4.78, 5) is 15.0. The Labute approximate surface area is 189 Å². The highest BCUT2D eigenvalue weighted by atomic mass is 16.5. The number of hydrogen-bond acceptors (Lipinski definition) is 3. The van der Waals surface area contributed by atoms with Crippen LogP contribution in [0.2, 0.25) is 0 Å². The molecule has 0 saturated heterocycles. The summed E-state index contributed by atoms with van der Waals surface area (Å²) in [5.74, 6) is 0.828. The van der Waals surface area contributed by atoms with E-state index in [4.69, 9.17) is 4.74 Å². The highest BCUT2D eigenvalue weighted by Gasteiger charge is 2.20. The number of methoxy groups -OCH3 is 1. The number of hydrogen-bond donors (Lipinski definition) is 1. The highest BCUT2D eigenvalue weighted by Crippen LogP contribution is 2.30. The van der Waals surface area contributed by atoms with Gasteiger partial charge >= 0.3 is 0 Å². The number of anilines is 1. The van der Waals surface area contributed by atoms with E-state index in [1.807, 2.05) is 67.5 Å². The molecule has 4 aromatic rings. The largest absolute Gasteiger partial charge is 0.497 e. The smallest absolute Gasteiger partial charge is 0.254 e. The standard InChI is InChI=1S/C28H28N2O2/c1-19(26-7-5-6-23-18-24(29-2)14-17-27(23)26)30(3)28(31)22-10-8-20(9-11-22)21-12-15-25(32-4)16-13-21/h5-19,29H,1-4H3. The van der Waals surface area contributed by atoms with Crippen LogP contribution < -0.4 is 10.1 Å². The van der Waals surface area contributed by atoms with E-state index in [2.05, 4.69) is 48.6 Å². The fourth-order valence-corrected chi connectivity index (χ4v) is 4.01. The number of nitrogens with zero attached hydrogens (tertiary/aromatic N) is 1. The average Bonchev–Trinajstić information content (AvgIpc) is 2.86. The maximum absolute atomic E-state index is 13.2. The van der Waals surface area contributed by atoms with Crippen molar-refractivity contribution >= 4 is 22.4 Å². The maximum Gasteiger partial charge on any atom is 0.254 e. The second kappa shape index (κ2) is 9.15. The molecule has 0 aliphatic carbocycles. The van der Waals surface area contributed by atoms with Crippen LogP contribution >= 0.6 is 0 Å². The molecule has 0 aliphatic rings. The van der Waals surface area contributed by atoms with E-state index in [0.717, 1.165) is 38.9 Å². The third-order valence-corrected chi connectivity index (χ3v) is 6.11. The van der Waals surface area contributed by atoms with Crippen molar-refractivity contribution in [3.8, 4) is 16.9 Å². The van der Waals surface area contributed by atoms with Crippen molar-refractivity contribution in [3.05, 3.63) is 96.1 Å². The first-order valence-corrected chi connectivity index (χ1v) is 10.7. The molecule has 4 aromatic carbocycles. The van der Waals surface area contributed by atoms with Gasteiger partial charge in [-0.05, 0) is 70.8 Å². The van der Waals surface area contributed by atoms with Gasteiger partial charge in [-0.25, -0.2) is 0 Å². The minimum Gasteiger partial charge on any atom is -0.497 e. The summed E-state index contributed by atoms with van der Waals surface area (Å²) in [5.41, 5.74) is 5.03. The van der Waals surface area contributed by atoms with Gasteiger partial charge in [0, 0.05) is 25.3 Å². The van der Waals surface area contributed by atoms with E-state index >= 15 is 0 Å². The number of ether oxygens (including phenoxy) is 1. The SMILES string of the molecule is CNc1ccc2c(C(C)N(C)C(=O)c3ccc(-c4ccc(OC)cc4)cc3)cccc2c1. The number of carbonyl (C=O) groups is 1. The zero-order chi connectivity index (χ0) is 22.7. The van der Waals surface area contributed by atoms with Crippen LogP contribution in [0.15, 0.2) is 84.9 Å². The summed E-state index contributed by atoms with van der Waals surface area (Å²) < 4.78 is 5.23. The van der Waals surface area contributed by atoms with Crippen LogP contribution in [0, 0.1) is 0 Å². The van der Waals surface area contributed by atoms with Crippen LogP contribution in [0.1, 0.15) is 28.9 Å². The fourth-order valence-electron chi connectivity index (χ4n) is 4.01. The second-order valence-corrected chi connectivity index (χ2v) is 7.93. The van der Waals surface area contributed by atoms with Crippen molar-refractivity contribution in [2.45, 2.75) is 13.0 Å². The minimum absolute atomic E-state index is 0.00243. The van der Waals surface area contributed by atoms with E-state index < -0.39 is 0 Å². The number of benzene rings is 4. The molecule has 1 amide bonds. The molecule has 0 radical (unpaired) electrons. The molecular weight excluding hydrogens is 396 g/mol. The lowest BCUT2D eigenvalue weighted by atomic mass is 9.97. The summed E-state index contributed by atoms with van der Waals surface area (Å²) >= 11 is 0. The van der Waals surface area contributed by atoms with Crippen molar-refractivity contribution in [1.82, 2.24) is 4.90 Å². The highest BCUT2D eigenvalue weighted by molar-refractivity contribution is 5.95. The van der Waals surface area contributed by atoms with Crippen LogP contribution in [0.5, 0.6) is 5.75 Å². The first-order valence-electron chi connectivity index (χ1n) is 10.7. The van der Waals surface area contributed by atoms with Crippen LogP contribution in [-0.4, -0.2) is 32.0 Å². The molecule has 4 nitrogen and oxygen atoms in total. The third kappa shape index (κ3) is 4.17. The van der Waals surface area contributed by atoms with Crippen LogP contribution in [0.25, 0.3) is 21.9 Å². The van der Waals surface area contributed by atoms with Gasteiger partial charge in [0.1, 0.15) is 5.75 Å². The molecular formula is C28H28N2O2. The van der Waals surface area contributed by atoms with E-state index in [-0.39, 0.29) is 11.9 Å². The van der Waals surface area contributed by atoms with Gasteiger partial charge in [-0.1, -0.05) is 48.5 Å². The Morgan fingerprint density at radius 3 is 2.19 bits per heavy atom. The predicted octanol–water partition coefficient (Wildman–Crippen LogP) is 6.39. The van der Waals surface area contributed by atoms with Crippen LogP contribution in [-0.2, 0) is 0 Å². The Kier molecular flexibility index (Phi) is 6.13. The first-order chi connectivity index (χ1) is 15.5. The minimum atomic E-state index is -0.0621. The number of rotatable bonds is 6. The summed E-state index contributed by atoms with van der Waals surface area (Å²) in [5, 5.41) is 5.50. The van der Waals surface area contributed by atoms with E-state index in [1.165, 1.54) is 0 Å². The Morgan fingerprint density at radius 2 is 1.56 bits per heavy atom. The molecule has 1 atom stereocenters. The molecule has 1 N–H and O–H groups in total. The first kappa shape index (κ1) is 21.4. The number of amides is 1. The van der Waals surface area contributed by atoms with Gasteiger partial charge in [-0.15, -0.1) is 0 Å². The number of fused-ring (bicyclic) bond motifs is 1.